The minimum atomic E-state index is -2.56. The van der Waals surface area contributed by atoms with Crippen LogP contribution in [0.15, 0.2) is 30.3 Å². The monoisotopic (exact) mass is 484 g/mol. The van der Waals surface area contributed by atoms with Crippen LogP contribution < -0.4 is 9.04 Å². The number of aromatic hydroxyl groups is 1. The number of phenolic OH excluding ortho intramolecular Hbond substituents is 1. The van der Waals surface area contributed by atoms with Crippen LogP contribution in [-0.2, 0) is 16.0 Å². The Balaban J connectivity index is 1.65. The number of nitrogens with zero attached hydrogens (tertiary/aromatic N) is 1. The summed E-state index contributed by atoms with van der Waals surface area (Å²) in [4.78, 5) is 11.7. The van der Waals surface area contributed by atoms with E-state index in [-0.39, 0.29) is 50.5 Å². The van der Waals surface area contributed by atoms with Gasteiger partial charge in [0, 0.05) is 23.4 Å². The summed E-state index contributed by atoms with van der Waals surface area (Å²) < 4.78 is 35.9. The molecule has 2 aliphatic carbocycles. The number of benzene rings is 2. The molecule has 4 atom stereocenters. The molecule has 2 bridgehead atoms. The molecule has 166 valence electrons. The van der Waals surface area contributed by atoms with E-state index in [1.165, 1.54) is 41.7 Å². The minimum Gasteiger partial charge on any atom is -0.755 e. The fraction of sp³-hybridized carbons (Fsp3) is 0.381. The first-order chi connectivity index (χ1) is 14.8. The van der Waals surface area contributed by atoms with Crippen molar-refractivity contribution < 1.29 is 28.1 Å². The number of anilines is 1. The topological polar surface area (TPSA) is 99.1 Å². The van der Waals surface area contributed by atoms with Crippen LogP contribution in [0.4, 0.5) is 5.69 Å². The van der Waals surface area contributed by atoms with E-state index in [9.17, 15) is 18.7 Å². The molecule has 10 heteroatoms. The van der Waals surface area contributed by atoms with Gasteiger partial charge in [-0.05, 0) is 55.4 Å². The summed E-state index contributed by atoms with van der Waals surface area (Å²) in [6.45, 7) is 0. The van der Waals surface area contributed by atoms with Crippen LogP contribution in [0.5, 0.6) is 17.2 Å². The predicted octanol–water partition coefficient (Wildman–Crippen LogP) is 5.07. The molecule has 2 aromatic carbocycles. The zero-order chi connectivity index (χ0) is 22.3. The van der Waals surface area contributed by atoms with Crippen molar-refractivity contribution in [3.05, 3.63) is 45.9 Å². The van der Waals surface area contributed by atoms with Crippen LogP contribution in [0.3, 0.4) is 0 Å². The fourth-order valence-electron chi connectivity index (χ4n) is 4.62. The maximum atomic E-state index is 12.1. The zero-order valence-corrected chi connectivity index (χ0v) is 18.9. The summed E-state index contributed by atoms with van der Waals surface area (Å²) in [7, 11) is 1.24. The van der Waals surface area contributed by atoms with E-state index in [4.69, 9.17) is 27.9 Å². The maximum absolute atomic E-state index is 12.1. The second-order valence-electron chi connectivity index (χ2n) is 7.80. The lowest BCUT2D eigenvalue weighted by Gasteiger charge is -2.37. The third-order valence-corrected chi connectivity index (χ3v) is 7.34. The van der Waals surface area contributed by atoms with Crippen molar-refractivity contribution in [2.75, 3.05) is 11.4 Å². The first-order valence-corrected chi connectivity index (χ1v) is 11.5. The number of hydrogen-bond donors (Lipinski definition) is 1. The summed E-state index contributed by atoms with van der Waals surface area (Å²) in [5, 5.41) is 10.6. The third-order valence-electron chi connectivity index (χ3n) is 5.99. The molecule has 2 aliphatic rings. The summed E-state index contributed by atoms with van der Waals surface area (Å²) in [5.41, 5.74) is 0.308. The van der Waals surface area contributed by atoms with Crippen LogP contribution in [0, 0.1) is 11.8 Å². The van der Waals surface area contributed by atoms with E-state index in [1.807, 2.05) is 0 Å². The Morgan fingerprint density at radius 1 is 1.19 bits per heavy atom. The van der Waals surface area contributed by atoms with Gasteiger partial charge in [-0.3, -0.25) is 8.51 Å². The number of halogens is 2. The summed E-state index contributed by atoms with van der Waals surface area (Å²) in [6, 6.07) is 6.82. The number of ether oxygens (including phenoxy) is 2. The second kappa shape index (κ2) is 8.86. The van der Waals surface area contributed by atoms with Gasteiger partial charge in [0.05, 0.1) is 28.4 Å². The number of methoxy groups -OCH3 is 1. The Morgan fingerprint density at radius 3 is 2.45 bits per heavy atom. The summed E-state index contributed by atoms with van der Waals surface area (Å²) in [5.74, 6) is 0.373. The quantitative estimate of drug-likeness (QED) is 0.453. The van der Waals surface area contributed by atoms with Crippen LogP contribution in [-0.4, -0.2) is 33.0 Å². The smallest absolute Gasteiger partial charge is 0.337 e. The molecule has 7 nitrogen and oxygen atoms in total. The fourth-order valence-corrected chi connectivity index (χ4v) is 5.97. The van der Waals surface area contributed by atoms with E-state index in [0.717, 1.165) is 25.7 Å². The highest BCUT2D eigenvalue weighted by molar-refractivity contribution is 7.80. The van der Waals surface area contributed by atoms with Gasteiger partial charge in [-0.1, -0.05) is 29.6 Å². The molecule has 4 unspecified atom stereocenters. The Kier molecular flexibility index (Phi) is 6.35. The van der Waals surface area contributed by atoms with Gasteiger partial charge >= 0.3 is 5.97 Å². The van der Waals surface area contributed by atoms with Crippen molar-refractivity contribution in [3.8, 4) is 17.2 Å². The molecule has 1 N–H and O–H groups in total. The molecule has 0 spiro atoms. The lowest BCUT2D eigenvalue weighted by molar-refractivity contribution is 0.0600. The van der Waals surface area contributed by atoms with Gasteiger partial charge in [0.2, 0.25) is 0 Å². The van der Waals surface area contributed by atoms with E-state index >= 15 is 0 Å². The van der Waals surface area contributed by atoms with Crippen molar-refractivity contribution in [1.82, 2.24) is 0 Å². The number of fused-ring (bicyclic) bond motifs is 2. The lowest BCUT2D eigenvalue weighted by atomic mass is 9.95. The molecule has 2 fully saturated rings. The van der Waals surface area contributed by atoms with Crippen LogP contribution >= 0.6 is 23.2 Å². The van der Waals surface area contributed by atoms with Crippen LogP contribution in [0.2, 0.25) is 10.0 Å². The standard InChI is InChI=1S/C21H21Cl2NO6S/c1-29-21(26)13-8-15(22)20(16(23)9-13)30-14-4-5-19(25)18(10-14)24(31(27)28)17-7-11-2-3-12(17)6-11/h4-5,8-12,17,25H,2-3,6-7H2,1H3,(H,27,28)/p-1. The predicted molar refractivity (Wildman–Crippen MR) is 117 cm³/mol. The average molecular weight is 485 g/mol. The van der Waals surface area contributed by atoms with Gasteiger partial charge < -0.3 is 19.1 Å². The normalized spacial score (nSPS) is 22.9. The Bertz CT molecular complexity index is 1030. The Morgan fingerprint density at radius 2 is 1.90 bits per heavy atom. The highest BCUT2D eigenvalue weighted by Crippen LogP contribution is 2.49. The third kappa shape index (κ3) is 4.35. The number of hydrogen-bond acceptors (Lipinski definition) is 6. The van der Waals surface area contributed by atoms with E-state index in [0.29, 0.717) is 5.92 Å². The Hall–Kier alpha value is -2.00. The van der Waals surface area contributed by atoms with Crippen molar-refractivity contribution in [2.45, 2.75) is 31.7 Å². The SMILES string of the molecule is COC(=O)c1cc(Cl)c(Oc2ccc(O)c(N(C3CC4CCC3C4)S(=O)[O-])c2)c(Cl)c1. The van der Waals surface area contributed by atoms with E-state index < -0.39 is 17.2 Å². The highest BCUT2D eigenvalue weighted by atomic mass is 35.5. The molecular formula is C21H20Cl2NO6S-. The van der Waals surface area contributed by atoms with Gasteiger partial charge in [0.1, 0.15) is 11.5 Å². The van der Waals surface area contributed by atoms with Gasteiger partial charge in [0.15, 0.2) is 5.75 Å². The molecule has 2 saturated carbocycles. The van der Waals surface area contributed by atoms with Gasteiger partial charge in [0.25, 0.3) is 0 Å². The molecule has 0 aliphatic heterocycles. The molecule has 0 aromatic heterocycles. The second-order valence-corrected chi connectivity index (χ2v) is 9.44. The zero-order valence-electron chi connectivity index (χ0n) is 16.5. The molecule has 0 amide bonds. The van der Waals surface area contributed by atoms with Crippen molar-refractivity contribution in [1.29, 1.82) is 0 Å². The number of carbonyl (C=O) groups is 1. The van der Waals surface area contributed by atoms with Crippen molar-refractivity contribution in [3.63, 3.8) is 0 Å². The number of esters is 1. The Labute approximate surface area is 192 Å². The summed E-state index contributed by atoms with van der Waals surface area (Å²) in [6.07, 6.45) is 3.88. The molecule has 0 heterocycles. The molecule has 4 rings (SSSR count). The molecular weight excluding hydrogens is 465 g/mol. The molecule has 0 saturated heterocycles. The average Bonchev–Trinajstić information content (AvgIpc) is 3.35. The number of phenols is 1. The maximum Gasteiger partial charge on any atom is 0.337 e. The first kappa shape index (κ1) is 22.2. The lowest BCUT2D eigenvalue weighted by Crippen LogP contribution is -2.40. The van der Waals surface area contributed by atoms with Gasteiger partial charge in [-0.25, -0.2) is 4.79 Å². The van der Waals surface area contributed by atoms with E-state index in [2.05, 4.69) is 4.74 Å². The number of carbonyl (C=O) groups excluding carboxylic acids is 1. The molecule has 0 radical (unpaired) electrons. The largest absolute Gasteiger partial charge is 0.755 e. The first-order valence-electron chi connectivity index (χ1n) is 9.75. The summed E-state index contributed by atoms with van der Waals surface area (Å²) >= 11 is 9.92. The number of rotatable bonds is 6. The van der Waals surface area contributed by atoms with Crippen LogP contribution in [0.1, 0.15) is 36.0 Å². The molecule has 31 heavy (non-hydrogen) atoms. The van der Waals surface area contributed by atoms with Crippen LogP contribution in [0.25, 0.3) is 0 Å². The highest BCUT2D eigenvalue weighted by Gasteiger charge is 2.43. The van der Waals surface area contributed by atoms with E-state index in [1.54, 1.807) is 0 Å². The molecule has 2 aromatic rings. The minimum absolute atomic E-state index is 0.0832. The van der Waals surface area contributed by atoms with Crippen molar-refractivity contribution >= 4 is 46.1 Å². The van der Waals surface area contributed by atoms with Crippen molar-refractivity contribution in [2.24, 2.45) is 11.8 Å². The van der Waals surface area contributed by atoms with Gasteiger partial charge in [-0.15, -0.1) is 0 Å². The van der Waals surface area contributed by atoms with Gasteiger partial charge in [-0.2, -0.15) is 0 Å².